The van der Waals surface area contributed by atoms with Crippen LogP contribution in [0.1, 0.15) is 5.56 Å². The smallest absolute Gasteiger partial charge is 0.323 e. The Kier molecular flexibility index (Phi) is 2.01. The van der Waals surface area contributed by atoms with E-state index in [1.165, 1.54) is 0 Å². The van der Waals surface area contributed by atoms with Crippen LogP contribution in [0.3, 0.4) is 0 Å². The third kappa shape index (κ3) is 1.22. The van der Waals surface area contributed by atoms with E-state index in [1.54, 1.807) is 36.4 Å². The van der Waals surface area contributed by atoms with Gasteiger partial charge in [0.05, 0.1) is 0 Å². The number of carbonyl (C=O) groups excluding carboxylic acids is 2. The summed E-state index contributed by atoms with van der Waals surface area (Å²) >= 11 is 0. The lowest BCUT2D eigenvalue weighted by Gasteiger charge is -2.36. The zero-order chi connectivity index (χ0) is 13.7. The van der Waals surface area contributed by atoms with Crippen molar-refractivity contribution in [2.24, 2.45) is 0 Å². The molecule has 4 rings (SSSR count). The molecule has 1 fully saturated rings. The Balaban J connectivity index is 2.02. The van der Waals surface area contributed by atoms with Gasteiger partial charge < -0.3 is 14.8 Å². The average molecular weight is 270 g/mol. The number of fused-ring (bicyclic) bond motifs is 3. The summed E-state index contributed by atoms with van der Waals surface area (Å²) in [6, 6.07) is 6.54. The summed E-state index contributed by atoms with van der Waals surface area (Å²) < 4.78 is 11.3. The van der Waals surface area contributed by atoms with Crippen LogP contribution in [0.15, 0.2) is 47.9 Å². The maximum Gasteiger partial charge on any atom is 0.323 e. The molecule has 0 aliphatic carbocycles. The molecular weight excluding hydrogens is 260 g/mol. The van der Waals surface area contributed by atoms with Gasteiger partial charge in [-0.1, -0.05) is 18.2 Å². The van der Waals surface area contributed by atoms with Crippen LogP contribution < -0.4 is 15.4 Å². The van der Waals surface area contributed by atoms with Gasteiger partial charge >= 0.3 is 6.03 Å². The normalized spacial score (nSPS) is 26.4. The Hall–Kier alpha value is -2.76. The zero-order valence-electron chi connectivity index (χ0n) is 10.3. The van der Waals surface area contributed by atoms with Crippen LogP contribution in [0.5, 0.6) is 5.75 Å². The quantitative estimate of drug-likeness (QED) is 0.687. The molecule has 0 bridgehead atoms. The minimum atomic E-state index is -1.34. The van der Waals surface area contributed by atoms with Gasteiger partial charge in [-0.3, -0.25) is 10.1 Å². The maximum absolute atomic E-state index is 12.4. The molecule has 1 saturated heterocycles. The van der Waals surface area contributed by atoms with E-state index in [4.69, 9.17) is 9.47 Å². The lowest BCUT2D eigenvalue weighted by Crippen LogP contribution is -2.49. The van der Waals surface area contributed by atoms with E-state index in [9.17, 15) is 9.59 Å². The Bertz CT molecular complexity index is 707. The molecule has 3 aliphatic heterocycles. The van der Waals surface area contributed by atoms with Crippen molar-refractivity contribution in [3.05, 3.63) is 53.5 Å². The second-order valence-corrected chi connectivity index (χ2v) is 4.66. The van der Waals surface area contributed by atoms with Crippen molar-refractivity contribution < 1.29 is 19.1 Å². The number of ether oxygens (including phenoxy) is 2. The zero-order valence-corrected chi connectivity index (χ0v) is 10.3. The Morgan fingerprint density at radius 3 is 2.85 bits per heavy atom. The van der Waals surface area contributed by atoms with Crippen LogP contribution in [0.25, 0.3) is 0 Å². The molecule has 20 heavy (non-hydrogen) atoms. The van der Waals surface area contributed by atoms with Crippen LogP contribution >= 0.6 is 0 Å². The summed E-state index contributed by atoms with van der Waals surface area (Å²) in [7, 11) is 0. The first-order valence-corrected chi connectivity index (χ1v) is 6.17. The molecule has 0 radical (unpaired) electrons. The molecule has 1 spiro atoms. The number of amides is 3. The fourth-order valence-electron chi connectivity index (χ4n) is 2.72. The molecule has 3 aliphatic rings. The number of rotatable bonds is 0. The largest absolute Gasteiger partial charge is 0.486 e. The molecule has 3 amide bonds. The number of hydrogen-bond acceptors (Lipinski definition) is 4. The number of nitrogens with one attached hydrogen (secondary N) is 2. The van der Waals surface area contributed by atoms with Crippen LogP contribution in [-0.2, 0) is 15.1 Å². The van der Waals surface area contributed by atoms with Crippen molar-refractivity contribution in [1.29, 1.82) is 0 Å². The van der Waals surface area contributed by atoms with Crippen LogP contribution in [-0.4, -0.2) is 18.5 Å². The van der Waals surface area contributed by atoms with Gasteiger partial charge in [0.2, 0.25) is 5.54 Å². The van der Waals surface area contributed by atoms with Gasteiger partial charge in [-0.25, -0.2) is 4.79 Å². The lowest BCUT2D eigenvalue weighted by atomic mass is 9.84. The molecule has 6 heteroatoms. The third-order valence-corrected chi connectivity index (χ3v) is 3.54. The molecular formula is C14H10N2O4. The average Bonchev–Trinajstić information content (AvgIpc) is 2.75. The molecule has 1 atom stereocenters. The van der Waals surface area contributed by atoms with Gasteiger partial charge in [0.25, 0.3) is 5.91 Å². The van der Waals surface area contributed by atoms with Crippen molar-refractivity contribution in [1.82, 2.24) is 10.6 Å². The van der Waals surface area contributed by atoms with Gasteiger partial charge in [-0.2, -0.15) is 0 Å². The number of para-hydroxylation sites is 1. The van der Waals surface area contributed by atoms with E-state index in [0.717, 1.165) is 0 Å². The van der Waals surface area contributed by atoms with Crippen LogP contribution in [0.2, 0.25) is 0 Å². The van der Waals surface area contributed by atoms with Crippen LogP contribution in [0.4, 0.5) is 4.79 Å². The Labute approximate surface area is 114 Å². The monoisotopic (exact) mass is 270 g/mol. The molecule has 100 valence electrons. The van der Waals surface area contributed by atoms with Gasteiger partial charge in [-0.15, -0.1) is 0 Å². The Morgan fingerprint density at radius 1 is 1.20 bits per heavy atom. The lowest BCUT2D eigenvalue weighted by molar-refractivity contribution is -0.124. The van der Waals surface area contributed by atoms with Gasteiger partial charge in [-0.05, 0) is 18.2 Å². The Morgan fingerprint density at radius 2 is 2.05 bits per heavy atom. The molecule has 3 heterocycles. The van der Waals surface area contributed by atoms with Gasteiger partial charge in [0.15, 0.2) is 11.5 Å². The van der Waals surface area contributed by atoms with E-state index in [2.05, 4.69) is 10.6 Å². The summed E-state index contributed by atoms with van der Waals surface area (Å²) in [5, 5.41) is 4.95. The highest BCUT2D eigenvalue weighted by molar-refractivity contribution is 6.10. The number of allylic oxidation sites excluding steroid dienone is 1. The van der Waals surface area contributed by atoms with Crippen molar-refractivity contribution in [3.8, 4) is 5.75 Å². The highest BCUT2D eigenvalue weighted by Gasteiger charge is 2.57. The van der Waals surface area contributed by atoms with E-state index in [1.807, 2.05) is 0 Å². The van der Waals surface area contributed by atoms with Gasteiger partial charge in [0, 0.05) is 5.56 Å². The number of benzene rings is 1. The summed E-state index contributed by atoms with van der Waals surface area (Å²) in [6.07, 6.45) is 3.53. The minimum Gasteiger partial charge on any atom is -0.486 e. The highest BCUT2D eigenvalue weighted by Crippen LogP contribution is 2.45. The summed E-state index contributed by atoms with van der Waals surface area (Å²) in [5.74, 6) is 0.828. The summed E-state index contributed by atoms with van der Waals surface area (Å²) in [5.41, 5.74) is -0.774. The first-order chi connectivity index (χ1) is 9.72. The minimum absolute atomic E-state index is 0.321. The van der Waals surface area contributed by atoms with Crippen molar-refractivity contribution in [3.63, 3.8) is 0 Å². The van der Waals surface area contributed by atoms with Crippen molar-refractivity contribution in [2.75, 3.05) is 6.61 Å². The SMILES string of the molecule is O=C1NC(=O)C2(N1)C1=C(C=CCO1)Oc1ccccc12. The first kappa shape index (κ1) is 11.1. The molecule has 1 aromatic rings. The van der Waals surface area contributed by atoms with E-state index < -0.39 is 17.5 Å². The van der Waals surface area contributed by atoms with E-state index in [-0.39, 0.29) is 0 Å². The predicted octanol–water partition coefficient (Wildman–Crippen LogP) is 0.912. The second-order valence-electron chi connectivity index (χ2n) is 4.66. The maximum atomic E-state index is 12.4. The van der Waals surface area contributed by atoms with Crippen molar-refractivity contribution >= 4 is 11.9 Å². The predicted molar refractivity (Wildman–Crippen MR) is 67.5 cm³/mol. The second kappa shape index (κ2) is 3.63. The third-order valence-electron chi connectivity index (χ3n) is 3.54. The molecule has 6 nitrogen and oxygen atoms in total. The molecule has 2 N–H and O–H groups in total. The van der Waals surface area contributed by atoms with Crippen molar-refractivity contribution in [2.45, 2.75) is 5.54 Å². The summed E-state index contributed by atoms with van der Waals surface area (Å²) in [4.78, 5) is 24.0. The number of carbonyl (C=O) groups is 2. The van der Waals surface area contributed by atoms with E-state index in [0.29, 0.717) is 29.4 Å². The number of urea groups is 1. The topological polar surface area (TPSA) is 76.7 Å². The molecule has 0 aromatic heterocycles. The number of imide groups is 1. The fraction of sp³-hybridized carbons (Fsp3) is 0.143. The van der Waals surface area contributed by atoms with E-state index >= 15 is 0 Å². The fourth-order valence-corrected chi connectivity index (χ4v) is 2.72. The number of hydrogen-bond donors (Lipinski definition) is 2. The highest BCUT2D eigenvalue weighted by atomic mass is 16.5. The summed E-state index contributed by atoms with van der Waals surface area (Å²) in [6.45, 7) is 0.329. The molecule has 1 aromatic carbocycles. The van der Waals surface area contributed by atoms with Gasteiger partial charge in [0.1, 0.15) is 12.4 Å². The van der Waals surface area contributed by atoms with Crippen LogP contribution in [0, 0.1) is 0 Å². The molecule has 0 saturated carbocycles. The first-order valence-electron chi connectivity index (χ1n) is 6.17. The molecule has 1 unspecified atom stereocenters. The standard InChI is InChI=1S/C14H10N2O4/c17-12-14(16-13(18)15-12)8-4-1-2-5-9(8)20-10-6-3-7-19-11(10)14/h1-6H,7H2,(H2,15,16,17,18).